The van der Waals surface area contributed by atoms with E-state index in [9.17, 15) is 4.39 Å². The molecule has 1 unspecified atom stereocenters. The maximum absolute atomic E-state index is 13.9. The molecule has 1 aromatic carbocycles. The molecule has 1 saturated heterocycles. The molecule has 2 rings (SSSR count). The Hall–Kier alpha value is -0.600. The summed E-state index contributed by atoms with van der Waals surface area (Å²) in [4.78, 5) is 0. The Morgan fingerprint density at radius 3 is 2.76 bits per heavy atom. The zero-order valence-electron chi connectivity index (χ0n) is 10.4. The number of benzene rings is 1. The van der Waals surface area contributed by atoms with Crippen molar-refractivity contribution in [3.63, 3.8) is 0 Å². The first-order valence-corrected chi connectivity index (χ1v) is 6.67. The Labute approximate surface area is 107 Å². The van der Waals surface area contributed by atoms with Crippen molar-refractivity contribution in [2.24, 2.45) is 0 Å². The minimum Gasteiger partial charge on any atom is -0.316 e. The summed E-state index contributed by atoms with van der Waals surface area (Å²) in [5.74, 6) is 0.387. The van der Waals surface area contributed by atoms with Gasteiger partial charge in [-0.25, -0.2) is 4.39 Å². The van der Waals surface area contributed by atoms with Gasteiger partial charge >= 0.3 is 0 Å². The van der Waals surface area contributed by atoms with Crippen LogP contribution in [0, 0.1) is 5.82 Å². The highest BCUT2D eigenvalue weighted by Gasteiger charge is 2.19. The lowest BCUT2D eigenvalue weighted by atomic mass is 9.89. The van der Waals surface area contributed by atoms with E-state index < -0.39 is 0 Å². The Morgan fingerprint density at radius 2 is 2.18 bits per heavy atom. The molecule has 0 aromatic heterocycles. The number of halogens is 2. The first-order valence-electron chi connectivity index (χ1n) is 6.29. The predicted molar refractivity (Wildman–Crippen MR) is 70.3 cm³/mol. The summed E-state index contributed by atoms with van der Waals surface area (Å²) in [6.45, 7) is 6.05. The van der Waals surface area contributed by atoms with Crippen LogP contribution in [-0.4, -0.2) is 13.1 Å². The van der Waals surface area contributed by atoms with E-state index in [1.54, 1.807) is 6.07 Å². The zero-order chi connectivity index (χ0) is 12.4. The average molecular weight is 256 g/mol. The van der Waals surface area contributed by atoms with Crippen molar-refractivity contribution in [1.29, 1.82) is 0 Å². The normalized spacial score (nSPS) is 20.9. The summed E-state index contributed by atoms with van der Waals surface area (Å²) >= 11 is 5.99. The highest BCUT2D eigenvalue weighted by Crippen LogP contribution is 2.32. The van der Waals surface area contributed by atoms with Crippen LogP contribution in [0.15, 0.2) is 12.1 Å². The van der Waals surface area contributed by atoms with Crippen LogP contribution in [-0.2, 0) is 0 Å². The van der Waals surface area contributed by atoms with Crippen molar-refractivity contribution in [1.82, 2.24) is 5.32 Å². The van der Waals surface area contributed by atoms with Crippen LogP contribution >= 0.6 is 11.6 Å². The first-order chi connectivity index (χ1) is 8.09. The molecule has 0 saturated carbocycles. The molecule has 1 fully saturated rings. The van der Waals surface area contributed by atoms with E-state index in [0.29, 0.717) is 5.92 Å². The average Bonchev–Trinajstić information content (AvgIpc) is 2.33. The van der Waals surface area contributed by atoms with Crippen LogP contribution in [0.4, 0.5) is 4.39 Å². The van der Waals surface area contributed by atoms with Gasteiger partial charge in [0.05, 0.1) is 5.02 Å². The molecule has 17 heavy (non-hydrogen) atoms. The van der Waals surface area contributed by atoms with Crippen LogP contribution in [0.2, 0.25) is 5.02 Å². The van der Waals surface area contributed by atoms with Gasteiger partial charge < -0.3 is 5.32 Å². The SMILES string of the molecule is CC(C)c1cc(C2CCCNC2)cc(Cl)c1F. The number of nitrogens with one attached hydrogen (secondary N) is 1. The molecule has 3 heteroatoms. The Morgan fingerprint density at radius 1 is 1.41 bits per heavy atom. The fourth-order valence-electron chi connectivity index (χ4n) is 2.42. The molecule has 1 N–H and O–H groups in total. The van der Waals surface area contributed by atoms with Gasteiger partial charge in [-0.1, -0.05) is 31.5 Å². The van der Waals surface area contributed by atoms with Crippen molar-refractivity contribution in [2.45, 2.75) is 38.5 Å². The fourth-order valence-corrected chi connectivity index (χ4v) is 2.66. The third-order valence-electron chi connectivity index (χ3n) is 3.47. The van der Waals surface area contributed by atoms with Gasteiger partial charge in [-0.15, -0.1) is 0 Å². The van der Waals surface area contributed by atoms with Gasteiger partial charge in [-0.2, -0.15) is 0 Å². The summed E-state index contributed by atoms with van der Waals surface area (Å²) in [5, 5.41) is 3.64. The monoisotopic (exact) mass is 255 g/mol. The molecule has 1 atom stereocenters. The maximum Gasteiger partial charge on any atom is 0.145 e. The molecule has 1 aromatic rings. The van der Waals surface area contributed by atoms with Gasteiger partial charge in [0, 0.05) is 6.54 Å². The minimum absolute atomic E-state index is 0.170. The second kappa shape index (κ2) is 5.36. The lowest BCUT2D eigenvalue weighted by Gasteiger charge is -2.24. The van der Waals surface area contributed by atoms with E-state index in [-0.39, 0.29) is 16.8 Å². The molecule has 94 valence electrons. The van der Waals surface area contributed by atoms with Gasteiger partial charge in [0.2, 0.25) is 0 Å². The van der Waals surface area contributed by atoms with Crippen molar-refractivity contribution >= 4 is 11.6 Å². The molecular formula is C14H19ClFN. The van der Waals surface area contributed by atoms with Crippen molar-refractivity contribution in [3.05, 3.63) is 34.1 Å². The summed E-state index contributed by atoms with van der Waals surface area (Å²) in [5.41, 5.74) is 1.91. The van der Waals surface area contributed by atoms with Crippen molar-refractivity contribution < 1.29 is 4.39 Å². The minimum atomic E-state index is -0.255. The van der Waals surface area contributed by atoms with E-state index in [2.05, 4.69) is 5.32 Å². The Bertz CT molecular complexity index is 397. The van der Waals surface area contributed by atoms with Gasteiger partial charge in [0.15, 0.2) is 0 Å². The van der Waals surface area contributed by atoms with Crippen LogP contribution < -0.4 is 5.32 Å². The molecule has 0 aliphatic carbocycles. The number of hydrogen-bond donors (Lipinski definition) is 1. The molecule has 0 amide bonds. The van der Waals surface area contributed by atoms with Crippen molar-refractivity contribution in [2.75, 3.05) is 13.1 Å². The topological polar surface area (TPSA) is 12.0 Å². The number of hydrogen-bond acceptors (Lipinski definition) is 1. The molecule has 0 radical (unpaired) electrons. The second-order valence-corrected chi connectivity index (χ2v) is 5.51. The highest BCUT2D eigenvalue weighted by atomic mass is 35.5. The van der Waals surface area contributed by atoms with E-state index in [0.717, 1.165) is 25.1 Å². The summed E-state index contributed by atoms with van der Waals surface area (Å²) in [7, 11) is 0. The quantitative estimate of drug-likeness (QED) is 0.840. The van der Waals surface area contributed by atoms with E-state index >= 15 is 0 Å². The largest absolute Gasteiger partial charge is 0.316 e. The fraction of sp³-hybridized carbons (Fsp3) is 0.571. The van der Waals surface area contributed by atoms with Gasteiger partial charge in [0.25, 0.3) is 0 Å². The standard InChI is InChI=1S/C14H19ClFN/c1-9(2)12-6-11(7-13(15)14(12)16)10-4-3-5-17-8-10/h6-7,9-10,17H,3-5,8H2,1-2H3. The smallest absolute Gasteiger partial charge is 0.145 e. The van der Waals surface area contributed by atoms with Gasteiger partial charge in [0.1, 0.15) is 5.82 Å². The number of piperidine rings is 1. The summed E-state index contributed by atoms with van der Waals surface area (Å²) in [6, 6.07) is 3.78. The highest BCUT2D eigenvalue weighted by molar-refractivity contribution is 6.30. The summed E-state index contributed by atoms with van der Waals surface area (Å²) < 4.78 is 13.9. The van der Waals surface area contributed by atoms with Crippen LogP contribution in [0.25, 0.3) is 0 Å². The third kappa shape index (κ3) is 2.80. The van der Waals surface area contributed by atoms with E-state index in [4.69, 9.17) is 11.6 Å². The first kappa shape index (κ1) is 12.8. The molecule has 1 aliphatic heterocycles. The van der Waals surface area contributed by atoms with Crippen LogP contribution in [0.1, 0.15) is 49.7 Å². The van der Waals surface area contributed by atoms with Crippen LogP contribution in [0.5, 0.6) is 0 Å². The van der Waals surface area contributed by atoms with E-state index in [1.807, 2.05) is 19.9 Å². The Kier molecular flexibility index (Phi) is 4.05. The van der Waals surface area contributed by atoms with E-state index in [1.165, 1.54) is 12.0 Å². The van der Waals surface area contributed by atoms with Crippen LogP contribution in [0.3, 0.4) is 0 Å². The molecule has 1 nitrogen and oxygen atoms in total. The zero-order valence-corrected chi connectivity index (χ0v) is 11.1. The maximum atomic E-state index is 13.9. The van der Waals surface area contributed by atoms with Crippen molar-refractivity contribution in [3.8, 4) is 0 Å². The second-order valence-electron chi connectivity index (χ2n) is 5.10. The molecular weight excluding hydrogens is 237 g/mol. The number of rotatable bonds is 2. The third-order valence-corrected chi connectivity index (χ3v) is 3.74. The lowest BCUT2D eigenvalue weighted by molar-refractivity contribution is 0.460. The molecule has 0 spiro atoms. The Balaban J connectivity index is 2.34. The molecule has 1 aliphatic rings. The lowest BCUT2D eigenvalue weighted by Crippen LogP contribution is -2.28. The summed E-state index contributed by atoms with van der Waals surface area (Å²) in [6.07, 6.45) is 2.34. The van der Waals surface area contributed by atoms with Gasteiger partial charge in [-0.3, -0.25) is 0 Å². The predicted octanol–water partition coefficient (Wildman–Crippen LogP) is 4.07. The molecule has 0 bridgehead atoms. The molecule has 1 heterocycles. The van der Waals surface area contributed by atoms with Gasteiger partial charge in [-0.05, 0) is 48.4 Å².